The van der Waals surface area contributed by atoms with Gasteiger partial charge in [0.1, 0.15) is 11.6 Å². The van der Waals surface area contributed by atoms with E-state index in [1.165, 1.54) is 56.0 Å². The summed E-state index contributed by atoms with van der Waals surface area (Å²) >= 11 is 0. The molecule has 0 heterocycles. The van der Waals surface area contributed by atoms with Crippen LogP contribution in [0.5, 0.6) is 5.75 Å². The molecule has 3 aromatic carbocycles. The number of halogens is 3. The second-order valence-corrected chi connectivity index (χ2v) is 9.49. The minimum Gasteiger partial charge on any atom is -0.429 e. The Hall–Kier alpha value is -2.75. The molecule has 0 amide bonds. The molecule has 174 valence electrons. The van der Waals surface area contributed by atoms with Gasteiger partial charge in [0.25, 0.3) is 0 Å². The molecule has 0 N–H and O–H groups in total. The second-order valence-electron chi connectivity index (χ2n) is 9.49. The summed E-state index contributed by atoms with van der Waals surface area (Å²) in [7, 11) is 0. The molecule has 0 unspecified atom stereocenters. The summed E-state index contributed by atoms with van der Waals surface area (Å²) in [6.45, 7) is 4.13. The molecule has 0 bridgehead atoms. The predicted molar refractivity (Wildman–Crippen MR) is 127 cm³/mol. The van der Waals surface area contributed by atoms with Crippen LogP contribution in [-0.4, -0.2) is 0 Å². The number of hydrogen-bond acceptors (Lipinski definition) is 1. The van der Waals surface area contributed by atoms with E-state index in [1.54, 1.807) is 31.2 Å². The maximum atomic E-state index is 14.7. The highest BCUT2D eigenvalue weighted by molar-refractivity contribution is 5.64. The summed E-state index contributed by atoms with van der Waals surface area (Å²) < 4.78 is 48.7. The molecule has 4 rings (SSSR count). The van der Waals surface area contributed by atoms with E-state index in [0.717, 1.165) is 35.8 Å². The molecular formula is C29H31F3O. The van der Waals surface area contributed by atoms with Crippen LogP contribution in [0.3, 0.4) is 0 Å². The van der Waals surface area contributed by atoms with E-state index in [1.807, 2.05) is 12.1 Å². The fourth-order valence-electron chi connectivity index (χ4n) is 4.62. The highest BCUT2D eigenvalue weighted by Gasteiger charge is 2.34. The van der Waals surface area contributed by atoms with Gasteiger partial charge >= 0.3 is 6.11 Å². The molecule has 0 radical (unpaired) electrons. The largest absolute Gasteiger partial charge is 0.429 e. The number of ether oxygens (including phenoxy) is 1. The van der Waals surface area contributed by atoms with E-state index in [9.17, 15) is 13.2 Å². The van der Waals surface area contributed by atoms with Gasteiger partial charge in [0.2, 0.25) is 0 Å². The lowest BCUT2D eigenvalue weighted by Gasteiger charge is -2.26. The van der Waals surface area contributed by atoms with Gasteiger partial charge in [0, 0.05) is 5.56 Å². The first-order chi connectivity index (χ1) is 15.8. The van der Waals surface area contributed by atoms with Crippen molar-refractivity contribution in [3.05, 3.63) is 89.2 Å². The molecule has 1 fully saturated rings. The third kappa shape index (κ3) is 5.98. The Bertz CT molecular complexity index is 1050. The molecule has 0 aliphatic heterocycles. The Morgan fingerprint density at radius 2 is 1.55 bits per heavy atom. The first kappa shape index (κ1) is 23.4. The molecule has 0 spiro atoms. The Morgan fingerprint density at radius 1 is 0.879 bits per heavy atom. The van der Waals surface area contributed by atoms with Crippen molar-refractivity contribution in [3.8, 4) is 16.9 Å². The topological polar surface area (TPSA) is 9.23 Å². The summed E-state index contributed by atoms with van der Waals surface area (Å²) in [5.41, 5.74) is 2.61. The van der Waals surface area contributed by atoms with Crippen molar-refractivity contribution in [1.82, 2.24) is 0 Å². The zero-order valence-electron chi connectivity index (χ0n) is 19.3. The van der Waals surface area contributed by atoms with Gasteiger partial charge in [-0.1, -0.05) is 69.0 Å². The number of aryl methyl sites for hydroxylation is 2. The van der Waals surface area contributed by atoms with Crippen LogP contribution in [0, 0.1) is 24.6 Å². The predicted octanol–water partition coefficient (Wildman–Crippen LogP) is 8.69. The van der Waals surface area contributed by atoms with Crippen LogP contribution >= 0.6 is 0 Å². The average molecular weight is 453 g/mol. The quantitative estimate of drug-likeness (QED) is 0.348. The summed E-state index contributed by atoms with van der Waals surface area (Å²) in [6.07, 6.45) is 3.85. The minimum atomic E-state index is -3.48. The lowest BCUT2D eigenvalue weighted by Crippen LogP contribution is -2.21. The van der Waals surface area contributed by atoms with Crippen LogP contribution in [0.1, 0.15) is 55.7 Å². The maximum absolute atomic E-state index is 14.7. The molecule has 3 aromatic rings. The van der Waals surface area contributed by atoms with Crippen LogP contribution in [0.4, 0.5) is 13.2 Å². The molecule has 1 aliphatic rings. The molecule has 4 heteroatoms. The maximum Gasteiger partial charge on any atom is 0.426 e. The molecule has 1 saturated carbocycles. The Labute approximate surface area is 194 Å². The van der Waals surface area contributed by atoms with Crippen LogP contribution < -0.4 is 4.74 Å². The first-order valence-corrected chi connectivity index (χ1v) is 11.8. The Morgan fingerprint density at radius 3 is 2.18 bits per heavy atom. The van der Waals surface area contributed by atoms with Crippen molar-refractivity contribution in [2.24, 2.45) is 11.8 Å². The molecule has 1 nitrogen and oxygen atoms in total. The van der Waals surface area contributed by atoms with Crippen molar-refractivity contribution >= 4 is 0 Å². The standard InChI is InChI=1S/C29H31F3O/c1-20-3-6-22(7-4-20)8-9-23-10-16-26(17-11-23)33-29(31,32)25-14-12-24(13-15-25)27-18-5-21(2)19-28(27)30/h5,10-20,22H,3-4,6-9H2,1-2H3. The van der Waals surface area contributed by atoms with Crippen LogP contribution in [0.15, 0.2) is 66.7 Å². The van der Waals surface area contributed by atoms with Crippen LogP contribution in [0.25, 0.3) is 11.1 Å². The van der Waals surface area contributed by atoms with Crippen molar-refractivity contribution < 1.29 is 17.9 Å². The van der Waals surface area contributed by atoms with Gasteiger partial charge < -0.3 is 4.74 Å². The normalized spacial score (nSPS) is 18.8. The van der Waals surface area contributed by atoms with Crippen molar-refractivity contribution in [3.63, 3.8) is 0 Å². The number of alkyl halides is 2. The number of rotatable bonds is 7. The van der Waals surface area contributed by atoms with Gasteiger partial charge in [-0.05, 0) is 78.6 Å². The van der Waals surface area contributed by atoms with E-state index in [0.29, 0.717) is 11.1 Å². The van der Waals surface area contributed by atoms with E-state index >= 15 is 0 Å². The van der Waals surface area contributed by atoms with Gasteiger partial charge in [0.15, 0.2) is 0 Å². The van der Waals surface area contributed by atoms with Crippen molar-refractivity contribution in [2.45, 2.75) is 58.5 Å². The van der Waals surface area contributed by atoms with Crippen LogP contribution in [-0.2, 0) is 12.5 Å². The molecule has 1 aliphatic carbocycles. The number of benzene rings is 3. The summed E-state index contributed by atoms with van der Waals surface area (Å²) in [4.78, 5) is 0. The Balaban J connectivity index is 1.36. The lowest BCUT2D eigenvalue weighted by atomic mass is 9.80. The zero-order chi connectivity index (χ0) is 23.4. The summed E-state index contributed by atoms with van der Waals surface area (Å²) in [6, 6.07) is 17.4. The fraction of sp³-hybridized carbons (Fsp3) is 0.379. The van der Waals surface area contributed by atoms with Gasteiger partial charge in [-0.25, -0.2) is 4.39 Å². The van der Waals surface area contributed by atoms with Crippen molar-refractivity contribution in [2.75, 3.05) is 0 Å². The van der Waals surface area contributed by atoms with Crippen molar-refractivity contribution in [1.29, 1.82) is 0 Å². The monoisotopic (exact) mass is 452 g/mol. The third-order valence-electron chi connectivity index (χ3n) is 6.80. The van der Waals surface area contributed by atoms with Gasteiger partial charge in [-0.3, -0.25) is 0 Å². The molecular weight excluding hydrogens is 421 g/mol. The van der Waals surface area contributed by atoms with Gasteiger partial charge in [0.05, 0.1) is 5.56 Å². The third-order valence-corrected chi connectivity index (χ3v) is 6.80. The van der Waals surface area contributed by atoms with E-state index in [2.05, 4.69) is 6.92 Å². The smallest absolute Gasteiger partial charge is 0.426 e. The van der Waals surface area contributed by atoms with E-state index < -0.39 is 6.11 Å². The van der Waals surface area contributed by atoms with E-state index in [4.69, 9.17) is 4.74 Å². The van der Waals surface area contributed by atoms with E-state index in [-0.39, 0.29) is 17.1 Å². The van der Waals surface area contributed by atoms with Gasteiger partial charge in [-0.2, -0.15) is 8.78 Å². The van der Waals surface area contributed by atoms with Crippen LogP contribution in [0.2, 0.25) is 0 Å². The Kier molecular flexibility index (Phi) is 7.11. The molecule has 0 aromatic heterocycles. The minimum absolute atomic E-state index is 0.129. The fourth-order valence-corrected chi connectivity index (χ4v) is 4.62. The highest BCUT2D eigenvalue weighted by Crippen LogP contribution is 2.34. The summed E-state index contributed by atoms with van der Waals surface area (Å²) in [5, 5.41) is 0. The zero-order valence-corrected chi connectivity index (χ0v) is 19.3. The highest BCUT2D eigenvalue weighted by atomic mass is 19.3. The number of hydrogen-bond donors (Lipinski definition) is 0. The molecule has 33 heavy (non-hydrogen) atoms. The second kappa shape index (κ2) is 10.0. The molecule has 0 atom stereocenters. The first-order valence-electron chi connectivity index (χ1n) is 11.8. The SMILES string of the molecule is Cc1ccc(-c2ccc(C(F)(F)Oc3ccc(CCC4CCC(C)CC4)cc3)cc2)c(F)c1. The lowest BCUT2D eigenvalue weighted by molar-refractivity contribution is -0.185. The summed E-state index contributed by atoms with van der Waals surface area (Å²) in [5.74, 6) is 1.38. The molecule has 0 saturated heterocycles. The average Bonchev–Trinajstić information content (AvgIpc) is 2.80. The van der Waals surface area contributed by atoms with Gasteiger partial charge in [-0.15, -0.1) is 0 Å².